The summed E-state index contributed by atoms with van der Waals surface area (Å²) in [6, 6.07) is 8.43. The van der Waals surface area contributed by atoms with Crippen molar-refractivity contribution >= 4 is 34.9 Å². The van der Waals surface area contributed by atoms with Crippen molar-refractivity contribution in [2.75, 3.05) is 0 Å². The average molecular weight is 665 g/mol. The molecule has 8 heteroatoms. The lowest BCUT2D eigenvalue weighted by atomic mass is 9.70. The van der Waals surface area contributed by atoms with E-state index in [1.807, 2.05) is 0 Å². The lowest BCUT2D eigenvalue weighted by Gasteiger charge is -2.33. The molecular weight excluding hydrogens is 616 g/mol. The van der Waals surface area contributed by atoms with Crippen LogP contribution in [0.25, 0.3) is 11.1 Å². The van der Waals surface area contributed by atoms with Crippen LogP contribution in [0.5, 0.6) is 0 Å². The summed E-state index contributed by atoms with van der Waals surface area (Å²) < 4.78 is 0. The third-order valence-corrected chi connectivity index (χ3v) is 11.8. The van der Waals surface area contributed by atoms with E-state index in [0.717, 1.165) is 136 Å². The van der Waals surface area contributed by atoms with Crippen molar-refractivity contribution in [2.24, 2.45) is 22.1 Å². The summed E-state index contributed by atoms with van der Waals surface area (Å²) >= 11 is 0. The van der Waals surface area contributed by atoms with Crippen molar-refractivity contribution in [1.82, 2.24) is 0 Å². The van der Waals surface area contributed by atoms with Crippen LogP contribution in [0.3, 0.4) is 0 Å². The van der Waals surface area contributed by atoms with E-state index in [2.05, 4.69) is 48.4 Å². The molecular formula is C41H48N2O6. The SMILES string of the molecule is CCCCC1(CCCC)c2cc3c(cc2-c2cc4c(cc21)C(=O)/C(=N/OC(=O)C1CCCCC1)C4)C/C(=N/OC(=O)C1CCCCC1)C3=O. The number of fused-ring (bicyclic) bond motifs is 5. The van der Waals surface area contributed by atoms with Gasteiger partial charge in [-0.05, 0) is 96.2 Å². The molecule has 0 aromatic heterocycles. The Labute approximate surface area is 289 Å². The fourth-order valence-electron chi connectivity index (χ4n) is 9.01. The van der Waals surface area contributed by atoms with Gasteiger partial charge >= 0.3 is 11.9 Å². The van der Waals surface area contributed by atoms with Crippen LogP contribution in [0.4, 0.5) is 0 Å². The van der Waals surface area contributed by atoms with E-state index in [4.69, 9.17) is 9.68 Å². The number of carbonyl (C=O) groups excluding carboxylic acids is 4. The average Bonchev–Trinajstić information content (AvgIpc) is 3.72. The normalized spacial score (nSPS) is 21.5. The first kappa shape index (κ1) is 33.6. The van der Waals surface area contributed by atoms with E-state index in [1.165, 1.54) is 0 Å². The number of benzene rings is 2. The highest BCUT2D eigenvalue weighted by Gasteiger charge is 2.46. The highest BCUT2D eigenvalue weighted by Crippen LogP contribution is 2.56. The first-order valence-corrected chi connectivity index (χ1v) is 18.8. The summed E-state index contributed by atoms with van der Waals surface area (Å²) in [5.41, 5.74) is 7.72. The lowest BCUT2D eigenvalue weighted by Crippen LogP contribution is -2.26. The van der Waals surface area contributed by atoms with Gasteiger partial charge in [-0.2, -0.15) is 0 Å². The summed E-state index contributed by atoms with van der Waals surface area (Å²) in [5, 5.41) is 8.26. The Morgan fingerprint density at radius 1 is 0.633 bits per heavy atom. The van der Waals surface area contributed by atoms with Gasteiger partial charge < -0.3 is 9.68 Å². The highest BCUT2D eigenvalue weighted by atomic mass is 16.7. The van der Waals surface area contributed by atoms with Crippen molar-refractivity contribution in [3.8, 4) is 11.1 Å². The monoisotopic (exact) mass is 664 g/mol. The minimum atomic E-state index is -0.345. The molecule has 49 heavy (non-hydrogen) atoms. The maximum Gasteiger partial charge on any atom is 0.338 e. The molecule has 0 saturated heterocycles. The molecule has 5 aliphatic rings. The first-order chi connectivity index (χ1) is 23.8. The van der Waals surface area contributed by atoms with E-state index in [9.17, 15) is 19.2 Å². The summed E-state index contributed by atoms with van der Waals surface area (Å²) in [6.07, 6.45) is 16.1. The van der Waals surface area contributed by atoms with Crippen LogP contribution in [-0.4, -0.2) is 34.9 Å². The quantitative estimate of drug-likeness (QED) is 0.185. The number of hydrogen-bond acceptors (Lipinski definition) is 8. The van der Waals surface area contributed by atoms with Crippen molar-refractivity contribution < 1.29 is 28.9 Å². The van der Waals surface area contributed by atoms with Gasteiger partial charge in [0, 0.05) is 29.4 Å². The third kappa shape index (κ3) is 6.21. The molecule has 0 amide bonds. The number of nitrogens with zero attached hydrogens (tertiary/aromatic N) is 2. The van der Waals surface area contributed by atoms with E-state index in [1.54, 1.807) is 0 Å². The van der Waals surface area contributed by atoms with Crippen molar-refractivity contribution in [3.63, 3.8) is 0 Å². The molecule has 0 spiro atoms. The summed E-state index contributed by atoms with van der Waals surface area (Å²) in [5.74, 6) is -1.30. The Hall–Kier alpha value is -3.94. The highest BCUT2D eigenvalue weighted by molar-refractivity contribution is 6.50. The molecule has 258 valence electrons. The minimum Gasteiger partial charge on any atom is -0.318 e. The largest absolute Gasteiger partial charge is 0.338 e. The smallest absolute Gasteiger partial charge is 0.318 e. The molecule has 8 nitrogen and oxygen atoms in total. The predicted octanol–water partition coefficient (Wildman–Crippen LogP) is 8.77. The zero-order valence-electron chi connectivity index (χ0n) is 29.0. The standard InChI is InChI=1S/C41H48N2O6/c1-3-5-17-41(18-6-4-2)33-23-29-27(21-35(37(29)44)42-48-39(46)25-13-9-7-10-14-25)19-31(33)32-20-28-22-36(38(45)30(28)24-34(32)41)43-49-40(47)26-15-11-8-12-16-26/h19-20,23-26H,3-18,21-22H2,1-2H3/b42-35-,43-36+. The van der Waals surface area contributed by atoms with Gasteiger partial charge in [0.25, 0.3) is 0 Å². The molecule has 0 radical (unpaired) electrons. The molecule has 5 aliphatic carbocycles. The molecule has 0 aliphatic heterocycles. The summed E-state index contributed by atoms with van der Waals surface area (Å²) in [4.78, 5) is 63.6. The van der Waals surface area contributed by atoms with Crippen molar-refractivity contribution in [1.29, 1.82) is 0 Å². The van der Waals surface area contributed by atoms with Crippen LogP contribution in [0.2, 0.25) is 0 Å². The van der Waals surface area contributed by atoms with Crippen LogP contribution in [0.15, 0.2) is 34.6 Å². The molecule has 2 fully saturated rings. The van der Waals surface area contributed by atoms with Gasteiger partial charge in [-0.3, -0.25) is 9.59 Å². The van der Waals surface area contributed by atoms with Crippen LogP contribution < -0.4 is 0 Å². The molecule has 0 bridgehead atoms. The van der Waals surface area contributed by atoms with E-state index >= 15 is 0 Å². The predicted molar refractivity (Wildman–Crippen MR) is 188 cm³/mol. The lowest BCUT2D eigenvalue weighted by molar-refractivity contribution is -0.150. The summed E-state index contributed by atoms with van der Waals surface area (Å²) in [7, 11) is 0. The zero-order chi connectivity index (χ0) is 34.1. The van der Waals surface area contributed by atoms with Gasteiger partial charge in [-0.25, -0.2) is 9.59 Å². The third-order valence-electron chi connectivity index (χ3n) is 11.8. The Balaban J connectivity index is 1.22. The van der Waals surface area contributed by atoms with Gasteiger partial charge in [0.05, 0.1) is 11.8 Å². The van der Waals surface area contributed by atoms with Gasteiger partial charge in [0.1, 0.15) is 11.4 Å². The summed E-state index contributed by atoms with van der Waals surface area (Å²) in [6.45, 7) is 4.38. The van der Waals surface area contributed by atoms with Crippen molar-refractivity contribution in [2.45, 2.75) is 135 Å². The second kappa shape index (κ2) is 14.1. The topological polar surface area (TPSA) is 111 Å². The fraction of sp³-hybridized carbons (Fsp3) is 0.561. The molecule has 0 unspecified atom stereocenters. The number of carbonyl (C=O) groups is 4. The van der Waals surface area contributed by atoms with Crippen LogP contribution in [0, 0.1) is 11.8 Å². The van der Waals surface area contributed by atoms with E-state index in [0.29, 0.717) is 24.0 Å². The molecule has 7 rings (SSSR count). The Bertz CT molecular complexity index is 1610. The van der Waals surface area contributed by atoms with Gasteiger partial charge in [-0.15, -0.1) is 0 Å². The van der Waals surface area contributed by atoms with Crippen molar-refractivity contribution in [3.05, 3.63) is 57.6 Å². The maximum absolute atomic E-state index is 13.7. The number of ketones is 2. The van der Waals surface area contributed by atoms with Gasteiger partial charge in [0.2, 0.25) is 11.6 Å². The van der Waals surface area contributed by atoms with E-state index < -0.39 is 0 Å². The Morgan fingerprint density at radius 3 is 1.43 bits per heavy atom. The zero-order valence-corrected chi connectivity index (χ0v) is 29.0. The number of oxime groups is 2. The molecule has 2 aromatic rings. The molecule has 0 heterocycles. The van der Waals surface area contributed by atoms with Gasteiger partial charge in [0.15, 0.2) is 0 Å². The molecule has 0 N–H and O–H groups in total. The second-order valence-corrected chi connectivity index (χ2v) is 15.0. The minimum absolute atomic E-state index is 0.141. The Morgan fingerprint density at radius 2 is 1.04 bits per heavy atom. The maximum atomic E-state index is 13.7. The second-order valence-electron chi connectivity index (χ2n) is 15.0. The molecule has 2 saturated carbocycles. The van der Waals surface area contributed by atoms with E-state index in [-0.39, 0.29) is 52.2 Å². The number of rotatable bonds is 10. The fourth-order valence-corrected chi connectivity index (χ4v) is 9.01. The molecule has 2 aromatic carbocycles. The number of Topliss-reactive ketones (excluding diaryl/α,β-unsaturated/α-hetero) is 2. The van der Waals surface area contributed by atoms with Gasteiger partial charge in [-0.1, -0.05) is 88.4 Å². The van der Waals surface area contributed by atoms with Crippen LogP contribution in [0.1, 0.15) is 160 Å². The number of unbranched alkanes of at least 4 members (excludes halogenated alkanes) is 2. The molecule has 0 atom stereocenters. The Kier molecular flexibility index (Phi) is 9.67. The van der Waals surface area contributed by atoms with Crippen LogP contribution >= 0.6 is 0 Å². The van der Waals surface area contributed by atoms with Crippen LogP contribution in [-0.2, 0) is 37.5 Å². The number of hydrogen-bond donors (Lipinski definition) is 0. The first-order valence-electron chi connectivity index (χ1n) is 18.8.